The molecule has 4 aliphatic rings. The van der Waals surface area contributed by atoms with Gasteiger partial charge in [0.2, 0.25) is 0 Å². The lowest BCUT2D eigenvalue weighted by atomic mass is 9.97. The molecular weight excluding hydrogens is 1480 g/mol. The number of hydrogen-bond donors (Lipinski definition) is 2. The quantitative estimate of drug-likeness (QED) is 0.0774. The minimum absolute atomic E-state index is 0.0245. The van der Waals surface area contributed by atoms with Crippen molar-refractivity contribution in [3.8, 4) is 11.5 Å². The van der Waals surface area contributed by atoms with Crippen LogP contribution < -0.4 is 9.47 Å². The Bertz CT molecular complexity index is 4620. The van der Waals surface area contributed by atoms with Crippen LogP contribution in [0.25, 0.3) is 43.1 Å². The molecule has 12 rings (SSSR count). The number of ether oxygens (including phenoxy) is 14. The van der Waals surface area contributed by atoms with Gasteiger partial charge in [-0.3, -0.25) is 0 Å². The number of methoxy groups -OCH3 is 2. The summed E-state index contributed by atoms with van der Waals surface area (Å²) in [5.41, 5.74) is 1.93. The SMILES string of the molecule is COc1cc2ccccc2cc1[C@@H]1OC(COC(C)(C)C)C(OC(C)(C)C)C1O.COc1cc2ccccc2cc1[C@H]1CC(OC(C)(C)C)C(COC(C)(C)C)O1.Cc1ccc2c(=S)n([C@@H]3O[C@H](COC(C)(C)C)C(OC(C)(C)C)[C@@H]3O)ccc2c1.Cc1ccc2c(=S)n([C@H]3CC(OC(C)(C)C)[C@@H](COC(C)(C)C)O3)ccc2c1. The standard InChI is InChI=1S/C24H34O5.C24H34O4.C23H33NO4S.C23H33NO3S/c1-23(2,3)27-14-19-22(29-24(4,5)6)20(25)21(28-19)17-12-15-10-8-9-11-16(15)13-18(17)26-7;1-23(2,3)26-15-22-21(28-24(4,5)6)14-20(27-22)18-12-16-10-8-9-11-17(16)13-19(18)25-7;1-14-8-9-16-15(12-14)10-11-24(21(16)29)20-18(25)19(28-23(5,6)7)17(27-20)13-26-22(2,3)4;1-15-8-9-17-16(12-15)10-11-24(21(17)28)20-13-18(27-23(5,6)7)19(26-20)14-25-22(2,3)4/h8-13,19-22,25H,14H2,1-7H3;8-13,20-22H,14-15H2,1-7H3;8-12,17-20,25H,13H2,1-7H3;8-12,18-20H,13-14H2,1-7H3/t19?,20?,21-,22?;20-,21?,22?;17-,18+,19?,20-;18?,19-,20-/m0111/s1. The predicted molar refractivity (Wildman–Crippen MR) is 462 cm³/mol. The number of aromatic nitrogens is 2. The summed E-state index contributed by atoms with van der Waals surface area (Å²) in [5.74, 6) is 1.55. The van der Waals surface area contributed by atoms with Crippen molar-refractivity contribution in [1.29, 1.82) is 0 Å². The van der Waals surface area contributed by atoms with Crippen molar-refractivity contribution in [1.82, 2.24) is 9.13 Å². The topological polar surface area (TPSA) is 180 Å². The summed E-state index contributed by atoms with van der Waals surface area (Å²) in [6.07, 6.45) is 0.232. The molecule has 114 heavy (non-hydrogen) atoms. The zero-order valence-corrected chi connectivity index (χ0v) is 75.0. The molecule has 6 heterocycles. The molecule has 2 N–H and O–H groups in total. The second-order valence-electron chi connectivity index (χ2n) is 38.6. The average Bonchev–Trinajstić information content (AvgIpc) is 1.59. The molecule has 628 valence electrons. The van der Waals surface area contributed by atoms with Gasteiger partial charge in [-0.05, 0) is 249 Å². The zero-order chi connectivity index (χ0) is 84.2. The van der Waals surface area contributed by atoms with Gasteiger partial charge in [-0.1, -0.05) is 120 Å². The Balaban J connectivity index is 0.000000174. The molecule has 0 bridgehead atoms. The van der Waals surface area contributed by atoms with E-state index < -0.39 is 54.1 Å². The molecule has 0 aliphatic carbocycles. The molecule has 0 saturated carbocycles. The van der Waals surface area contributed by atoms with E-state index in [1.807, 2.05) is 161 Å². The molecule has 18 nitrogen and oxygen atoms in total. The second-order valence-corrected chi connectivity index (χ2v) is 39.4. The highest BCUT2D eigenvalue weighted by atomic mass is 32.1. The van der Waals surface area contributed by atoms with Crippen LogP contribution in [0.2, 0.25) is 0 Å². The van der Waals surface area contributed by atoms with Crippen molar-refractivity contribution in [2.45, 2.75) is 323 Å². The van der Waals surface area contributed by atoms with Crippen LogP contribution >= 0.6 is 24.4 Å². The van der Waals surface area contributed by atoms with Crippen LogP contribution in [0.4, 0.5) is 0 Å². The Kier molecular flexibility index (Phi) is 30.0. The van der Waals surface area contributed by atoms with E-state index in [-0.39, 0.29) is 76.5 Å². The molecule has 7 unspecified atom stereocenters. The highest BCUT2D eigenvalue weighted by Crippen LogP contribution is 2.46. The Morgan fingerprint density at radius 1 is 0.377 bits per heavy atom. The lowest BCUT2D eigenvalue weighted by Crippen LogP contribution is -2.42. The van der Waals surface area contributed by atoms with Gasteiger partial charge in [0.1, 0.15) is 81.9 Å². The molecule has 2 aromatic heterocycles. The molecule has 0 amide bonds. The third-order valence-electron chi connectivity index (χ3n) is 19.3. The largest absolute Gasteiger partial charge is 0.496 e. The molecular formula is C94H134N2O16S2. The van der Waals surface area contributed by atoms with Crippen LogP contribution in [0.1, 0.15) is 226 Å². The number of aliphatic hydroxyl groups excluding tert-OH is 2. The minimum Gasteiger partial charge on any atom is -0.496 e. The van der Waals surface area contributed by atoms with Crippen molar-refractivity contribution in [3.63, 3.8) is 0 Å². The zero-order valence-electron chi connectivity index (χ0n) is 73.3. The van der Waals surface area contributed by atoms with Gasteiger partial charge in [-0.25, -0.2) is 0 Å². The van der Waals surface area contributed by atoms with Crippen LogP contribution in [-0.4, -0.2) is 166 Å². The van der Waals surface area contributed by atoms with Crippen molar-refractivity contribution < 1.29 is 76.5 Å². The predicted octanol–water partition coefficient (Wildman–Crippen LogP) is 21.2. The fourth-order valence-electron chi connectivity index (χ4n) is 14.4. The maximum Gasteiger partial charge on any atom is 0.163 e. The molecule has 14 atom stereocenters. The first-order valence-corrected chi connectivity index (χ1v) is 41.3. The first-order chi connectivity index (χ1) is 52.8. The van der Waals surface area contributed by atoms with E-state index in [9.17, 15) is 10.2 Å². The summed E-state index contributed by atoms with van der Waals surface area (Å²) in [5, 5.41) is 31.1. The van der Waals surface area contributed by atoms with Crippen LogP contribution in [0.3, 0.4) is 0 Å². The number of fused-ring (bicyclic) bond motifs is 4. The molecule has 4 fully saturated rings. The fraction of sp³-hybridized carbons (Fsp3) is 0.596. The summed E-state index contributed by atoms with van der Waals surface area (Å²) in [6, 6.07) is 41.3. The maximum absolute atomic E-state index is 11.2. The first-order valence-electron chi connectivity index (χ1n) is 40.4. The third kappa shape index (κ3) is 26.1. The van der Waals surface area contributed by atoms with Crippen molar-refractivity contribution in [3.05, 3.63) is 165 Å². The molecule has 20 heteroatoms. The number of pyridine rings is 2. The number of aryl methyl sites for hydroxylation is 2. The highest BCUT2D eigenvalue weighted by molar-refractivity contribution is 7.71. The summed E-state index contributed by atoms with van der Waals surface area (Å²) in [6.45, 7) is 54.5. The normalized spacial score (nSPS) is 24.5. The van der Waals surface area contributed by atoms with E-state index >= 15 is 0 Å². The van der Waals surface area contributed by atoms with Gasteiger partial charge in [-0.15, -0.1) is 0 Å². The van der Waals surface area contributed by atoms with Crippen molar-refractivity contribution >= 4 is 67.5 Å². The number of nitrogens with zero attached hydrogens (tertiary/aromatic N) is 2. The molecule has 6 aromatic carbocycles. The second kappa shape index (κ2) is 37.2. The van der Waals surface area contributed by atoms with Crippen molar-refractivity contribution in [2.75, 3.05) is 40.6 Å². The molecule has 4 aliphatic heterocycles. The summed E-state index contributed by atoms with van der Waals surface area (Å²) in [4.78, 5) is 0. The van der Waals surface area contributed by atoms with E-state index in [2.05, 4.69) is 162 Å². The lowest BCUT2D eigenvalue weighted by molar-refractivity contribution is -0.138. The van der Waals surface area contributed by atoms with E-state index in [0.29, 0.717) is 36.8 Å². The lowest BCUT2D eigenvalue weighted by Gasteiger charge is -2.30. The van der Waals surface area contributed by atoms with Gasteiger partial charge < -0.3 is 85.7 Å². The molecule has 0 radical (unpaired) electrons. The minimum atomic E-state index is -0.864. The van der Waals surface area contributed by atoms with Crippen LogP contribution in [0.15, 0.2) is 134 Å². The number of rotatable bonds is 18. The smallest absolute Gasteiger partial charge is 0.163 e. The Labute approximate surface area is 690 Å². The number of benzene rings is 6. The van der Waals surface area contributed by atoms with Crippen LogP contribution in [0.5, 0.6) is 11.5 Å². The summed E-state index contributed by atoms with van der Waals surface area (Å²) in [7, 11) is 3.35. The number of hydrogen-bond acceptors (Lipinski definition) is 18. The fourth-order valence-corrected chi connectivity index (χ4v) is 15.1. The Hall–Kier alpha value is -5.86. The maximum atomic E-state index is 11.2. The summed E-state index contributed by atoms with van der Waals surface area (Å²) < 4.78 is 91.1. The third-order valence-corrected chi connectivity index (χ3v) is 20.2. The van der Waals surface area contributed by atoms with Gasteiger partial charge in [0.15, 0.2) is 6.23 Å². The van der Waals surface area contributed by atoms with Gasteiger partial charge in [0.25, 0.3) is 0 Å². The average molecular weight is 1610 g/mol. The van der Waals surface area contributed by atoms with Gasteiger partial charge in [0.05, 0.1) is 104 Å². The van der Waals surface area contributed by atoms with Crippen LogP contribution in [-0.2, 0) is 56.8 Å². The monoisotopic (exact) mass is 1610 g/mol. The van der Waals surface area contributed by atoms with Crippen LogP contribution in [0, 0.1) is 23.1 Å². The molecule has 4 saturated heterocycles. The molecule has 0 spiro atoms. The van der Waals surface area contributed by atoms with Gasteiger partial charge in [0, 0.05) is 47.1 Å². The highest BCUT2D eigenvalue weighted by Gasteiger charge is 2.50. The first kappa shape index (κ1) is 92.0. The van der Waals surface area contributed by atoms with Gasteiger partial charge in [-0.2, -0.15) is 0 Å². The van der Waals surface area contributed by atoms with E-state index in [1.54, 1.807) is 14.2 Å². The van der Waals surface area contributed by atoms with E-state index in [4.69, 9.17) is 90.8 Å². The summed E-state index contributed by atoms with van der Waals surface area (Å²) >= 11 is 11.5. The Morgan fingerprint density at radius 2 is 0.746 bits per heavy atom. The molecule has 8 aromatic rings. The van der Waals surface area contributed by atoms with Gasteiger partial charge >= 0.3 is 0 Å². The Morgan fingerprint density at radius 3 is 1.18 bits per heavy atom. The van der Waals surface area contributed by atoms with Crippen molar-refractivity contribution in [2.24, 2.45) is 0 Å². The van der Waals surface area contributed by atoms with E-state index in [1.165, 1.54) is 16.5 Å². The number of aliphatic hydroxyl groups is 2. The van der Waals surface area contributed by atoms with E-state index in [0.717, 1.165) is 72.1 Å².